The van der Waals surface area contributed by atoms with Gasteiger partial charge >= 0.3 is 41.8 Å². The first-order valence-electron chi connectivity index (χ1n) is 21.6. The first-order valence-corrected chi connectivity index (χ1v) is 24.3. The fraction of sp³-hybridized carbons (Fsp3) is 0.825. The molecule has 7 atom stereocenters. The van der Waals surface area contributed by atoms with E-state index < -0.39 is 73.1 Å². The number of hydrogen-bond donors (Lipinski definition) is 7. The van der Waals surface area contributed by atoms with Crippen LogP contribution in [0.2, 0.25) is 0 Å². The van der Waals surface area contributed by atoms with Crippen molar-refractivity contribution in [1.82, 2.24) is 39.2 Å². The Morgan fingerprint density at radius 3 is 1.02 bits per heavy atom. The molecule has 0 aromatic heterocycles. The van der Waals surface area contributed by atoms with Gasteiger partial charge < -0.3 is 40.3 Å². The molecule has 0 aromatic carbocycles. The minimum absolute atomic E-state index is 0.157. The van der Waals surface area contributed by atoms with E-state index >= 15 is 0 Å². The Morgan fingerprint density at radius 1 is 0.438 bits per heavy atom. The lowest BCUT2D eigenvalue weighted by atomic mass is 10.1. The van der Waals surface area contributed by atoms with E-state index in [1.807, 2.05) is 25.7 Å². The van der Waals surface area contributed by atoms with Gasteiger partial charge in [0.1, 0.15) is 24.2 Å². The SMILES string of the molecule is CP(C)(=O)CN1CCN(CC(=O)O)CCN(CC(=O)O)CCN(CC(=O)O)CC1.C[C@H](C(=O)O)N1CCN([C@H](C)C(=O)O)[C@@H](C)CN([C@H](C)C(=O)O)[C@@H](C)CN([C@H](C)C(=O)O)[C@@H](C)C1. The number of hydrogen-bond acceptors (Lipinski definition) is 16. The summed E-state index contributed by atoms with van der Waals surface area (Å²) in [7, 11) is -2.35. The highest BCUT2D eigenvalue weighted by Crippen LogP contribution is 2.36. The van der Waals surface area contributed by atoms with Crippen molar-refractivity contribution in [2.75, 3.05) is 124 Å². The Labute approximate surface area is 376 Å². The zero-order chi connectivity index (χ0) is 49.2. The number of carboxylic acid groups (broad SMARTS) is 7. The molecule has 64 heavy (non-hydrogen) atoms. The average Bonchev–Trinajstić information content (AvgIpc) is 3.17. The second-order valence-corrected chi connectivity index (χ2v) is 21.0. The summed E-state index contributed by atoms with van der Waals surface area (Å²) in [5, 5.41) is 66.3. The van der Waals surface area contributed by atoms with Crippen LogP contribution >= 0.6 is 7.14 Å². The van der Waals surface area contributed by atoms with E-state index in [0.29, 0.717) is 58.6 Å². The molecule has 370 valence electrons. The molecule has 0 spiro atoms. The fourth-order valence-corrected chi connectivity index (χ4v) is 9.26. The molecular weight excluding hydrogens is 863 g/mol. The highest BCUT2D eigenvalue weighted by atomic mass is 31.2. The second-order valence-electron chi connectivity index (χ2n) is 17.6. The first-order chi connectivity index (χ1) is 29.5. The number of carbonyl (C=O) groups is 7. The minimum Gasteiger partial charge on any atom is -0.480 e. The van der Waals surface area contributed by atoms with Gasteiger partial charge in [0.25, 0.3) is 0 Å². The van der Waals surface area contributed by atoms with Gasteiger partial charge in [0.15, 0.2) is 0 Å². The Hall–Kier alpha value is -3.80. The van der Waals surface area contributed by atoms with Crippen molar-refractivity contribution in [2.24, 2.45) is 0 Å². The van der Waals surface area contributed by atoms with Crippen molar-refractivity contribution in [3.63, 3.8) is 0 Å². The van der Waals surface area contributed by atoms with Crippen molar-refractivity contribution in [1.29, 1.82) is 0 Å². The third-order valence-electron chi connectivity index (χ3n) is 11.8. The standard InChI is InChI=1S/C23H42N4O8.C17H33N4O7P/c1-13-10-24(16(4)20(28)29)8-9-25(17(5)21(30)31)14(2)11-27(19(7)23(34)35)15(3)12-26(13)18(6)22(32)33;1-29(2,28)14-21-9-7-19(12-16(24)25)5-3-18(11-15(22)23)4-6-20(8-10-21)13-17(26)27/h13-19H,8-12H2,1-7H3,(H,28,29)(H,30,31)(H,32,33)(H,34,35);3-14H2,1-2H3,(H,22,23)(H,24,25)(H,26,27)/t13-,14-,15-,16+,17+,18+,19+;/m0./s1. The maximum Gasteiger partial charge on any atom is 0.320 e. The van der Waals surface area contributed by atoms with Crippen LogP contribution in [0.5, 0.6) is 0 Å². The monoisotopic (exact) mass is 939 g/mol. The highest BCUT2D eigenvalue weighted by Gasteiger charge is 2.37. The van der Waals surface area contributed by atoms with Gasteiger partial charge in [-0.1, -0.05) is 0 Å². The third kappa shape index (κ3) is 21.5. The summed E-state index contributed by atoms with van der Waals surface area (Å²) in [6.07, 6.45) is 0.375. The van der Waals surface area contributed by atoms with Crippen LogP contribution in [0.4, 0.5) is 0 Å². The minimum atomic E-state index is -2.35. The molecule has 2 heterocycles. The Balaban J connectivity index is 0.000000651. The van der Waals surface area contributed by atoms with E-state index in [9.17, 15) is 58.6 Å². The van der Waals surface area contributed by atoms with E-state index in [0.717, 1.165) is 0 Å². The zero-order valence-electron chi connectivity index (χ0n) is 39.0. The van der Waals surface area contributed by atoms with Gasteiger partial charge in [0.2, 0.25) is 0 Å². The van der Waals surface area contributed by atoms with Gasteiger partial charge in [-0.3, -0.25) is 72.8 Å². The van der Waals surface area contributed by atoms with Gasteiger partial charge in [-0.25, -0.2) is 0 Å². The molecule has 2 rings (SSSR count). The molecule has 2 saturated heterocycles. The van der Waals surface area contributed by atoms with Crippen molar-refractivity contribution < 1.29 is 73.9 Å². The molecule has 24 heteroatoms. The highest BCUT2D eigenvalue weighted by molar-refractivity contribution is 7.62. The summed E-state index contributed by atoms with van der Waals surface area (Å²) < 4.78 is 12.3. The van der Waals surface area contributed by atoms with Gasteiger partial charge in [0, 0.05) is 103 Å². The summed E-state index contributed by atoms with van der Waals surface area (Å²) in [5.41, 5.74) is 0. The van der Waals surface area contributed by atoms with Crippen LogP contribution < -0.4 is 0 Å². The van der Waals surface area contributed by atoms with Gasteiger partial charge in [0.05, 0.1) is 33.1 Å². The van der Waals surface area contributed by atoms with Gasteiger partial charge in [-0.15, -0.1) is 0 Å². The van der Waals surface area contributed by atoms with E-state index in [1.165, 1.54) is 0 Å². The van der Waals surface area contributed by atoms with Crippen LogP contribution in [0, 0.1) is 0 Å². The Morgan fingerprint density at radius 2 is 0.719 bits per heavy atom. The Kier molecular flexibility index (Phi) is 25.1. The molecule has 2 fully saturated rings. The first kappa shape index (κ1) is 58.2. The van der Waals surface area contributed by atoms with E-state index in [2.05, 4.69) is 0 Å². The summed E-state index contributed by atoms with van der Waals surface area (Å²) in [6, 6.07) is -4.59. The molecule has 0 saturated carbocycles. The zero-order valence-corrected chi connectivity index (χ0v) is 39.9. The quantitative estimate of drug-likeness (QED) is 0.0942. The predicted octanol–water partition coefficient (Wildman–Crippen LogP) is -0.692. The van der Waals surface area contributed by atoms with E-state index in [1.54, 1.807) is 75.3 Å². The van der Waals surface area contributed by atoms with Crippen molar-refractivity contribution in [3.8, 4) is 0 Å². The van der Waals surface area contributed by atoms with Gasteiger partial charge in [-0.2, -0.15) is 0 Å². The molecule has 0 radical (unpaired) electrons. The lowest BCUT2D eigenvalue weighted by Crippen LogP contribution is -2.61. The van der Waals surface area contributed by atoms with Crippen molar-refractivity contribution in [3.05, 3.63) is 0 Å². The number of carboxylic acids is 7. The van der Waals surface area contributed by atoms with E-state index in [-0.39, 0.29) is 70.5 Å². The fourth-order valence-electron chi connectivity index (χ4n) is 8.02. The van der Waals surface area contributed by atoms with Crippen LogP contribution in [0.25, 0.3) is 0 Å². The average molecular weight is 939 g/mol. The maximum atomic E-state index is 12.3. The molecule has 0 aromatic rings. The second kappa shape index (κ2) is 27.6. The summed E-state index contributed by atoms with van der Waals surface area (Å²) in [4.78, 5) is 95.1. The molecule has 0 unspecified atom stereocenters. The van der Waals surface area contributed by atoms with Gasteiger partial charge in [-0.05, 0) is 61.8 Å². The predicted molar refractivity (Wildman–Crippen MR) is 237 cm³/mol. The number of aliphatic carboxylic acids is 7. The summed E-state index contributed by atoms with van der Waals surface area (Å²) in [5.74, 6) is -7.01. The molecule has 2 aliphatic heterocycles. The van der Waals surface area contributed by atoms with Crippen LogP contribution in [-0.2, 0) is 38.1 Å². The van der Waals surface area contributed by atoms with Crippen LogP contribution in [0.3, 0.4) is 0 Å². The van der Waals surface area contributed by atoms with E-state index in [4.69, 9.17) is 15.3 Å². The molecule has 0 bridgehead atoms. The smallest absolute Gasteiger partial charge is 0.320 e. The van der Waals surface area contributed by atoms with Crippen LogP contribution in [-0.4, -0.2) is 283 Å². The van der Waals surface area contributed by atoms with Crippen molar-refractivity contribution >= 4 is 48.9 Å². The molecule has 0 aliphatic carbocycles. The molecule has 0 amide bonds. The third-order valence-corrected chi connectivity index (χ3v) is 12.9. The molecule has 23 nitrogen and oxygen atoms in total. The number of nitrogens with zero attached hydrogens (tertiary/aromatic N) is 8. The topological polar surface area (TPSA) is 304 Å². The summed E-state index contributed by atoms with van der Waals surface area (Å²) in [6.45, 7) is 19.2. The lowest BCUT2D eigenvalue weighted by molar-refractivity contribution is -0.149. The van der Waals surface area contributed by atoms with Crippen LogP contribution in [0.1, 0.15) is 48.5 Å². The molecular formula is C40H75N8O15P. The largest absolute Gasteiger partial charge is 0.480 e. The Bertz CT molecular complexity index is 1570. The maximum absolute atomic E-state index is 12.3. The van der Waals surface area contributed by atoms with Crippen molar-refractivity contribution in [2.45, 2.75) is 90.8 Å². The number of rotatable bonds is 16. The van der Waals surface area contributed by atoms with Crippen LogP contribution in [0.15, 0.2) is 0 Å². The normalized spacial score (nSPS) is 24.4. The molecule has 7 N–H and O–H groups in total. The summed E-state index contributed by atoms with van der Waals surface area (Å²) >= 11 is 0. The molecule has 2 aliphatic rings. The lowest BCUT2D eigenvalue weighted by Gasteiger charge is -2.45.